The molecule has 0 bridgehead atoms. The largest absolute Gasteiger partial charge is 0.379 e. The molecule has 1 saturated heterocycles. The monoisotopic (exact) mass is 271 g/mol. The number of carbonyl (C=O) groups excluding carboxylic acids is 1. The summed E-state index contributed by atoms with van der Waals surface area (Å²) in [5.41, 5.74) is -0.892. The van der Waals surface area contributed by atoms with E-state index >= 15 is 0 Å². The molecule has 1 fully saturated rings. The molecular formula is C15H29NO3. The van der Waals surface area contributed by atoms with Gasteiger partial charge < -0.3 is 9.47 Å². The molecule has 1 unspecified atom stereocenters. The van der Waals surface area contributed by atoms with Crippen LogP contribution in [0.5, 0.6) is 0 Å². The number of rotatable bonds is 9. The molecule has 4 nitrogen and oxygen atoms in total. The van der Waals surface area contributed by atoms with E-state index in [1.165, 1.54) is 0 Å². The Hall–Kier alpha value is -0.450. The number of methoxy groups -OCH3 is 1. The molecule has 4 heteroatoms. The van der Waals surface area contributed by atoms with Gasteiger partial charge in [-0.05, 0) is 41.0 Å². The van der Waals surface area contributed by atoms with Crippen LogP contribution in [0.15, 0.2) is 0 Å². The molecule has 19 heavy (non-hydrogen) atoms. The number of Topliss-reactive ketones (excluding diaryl/α,β-unsaturated/α-hetero) is 1. The Balaban J connectivity index is 2.27. The molecule has 0 N–H and O–H groups in total. The molecule has 0 spiro atoms. The molecule has 0 aromatic rings. The highest BCUT2D eigenvalue weighted by atomic mass is 16.5. The highest BCUT2D eigenvalue weighted by molar-refractivity contribution is 5.86. The fourth-order valence-corrected chi connectivity index (χ4v) is 1.88. The highest BCUT2D eigenvalue weighted by Gasteiger charge is 2.33. The minimum absolute atomic E-state index is 0.182. The van der Waals surface area contributed by atoms with Crippen molar-refractivity contribution in [1.29, 1.82) is 0 Å². The van der Waals surface area contributed by atoms with Crippen molar-refractivity contribution >= 4 is 5.78 Å². The summed E-state index contributed by atoms with van der Waals surface area (Å²) >= 11 is 0. The lowest BCUT2D eigenvalue weighted by Crippen LogP contribution is -2.37. The van der Waals surface area contributed by atoms with Crippen molar-refractivity contribution in [3.8, 4) is 0 Å². The van der Waals surface area contributed by atoms with Crippen LogP contribution < -0.4 is 0 Å². The summed E-state index contributed by atoms with van der Waals surface area (Å²) < 4.78 is 11.1. The summed E-state index contributed by atoms with van der Waals surface area (Å²) in [5, 5.41) is 0. The van der Waals surface area contributed by atoms with E-state index < -0.39 is 5.60 Å². The lowest BCUT2D eigenvalue weighted by Gasteiger charge is -2.28. The smallest absolute Gasteiger partial charge is 0.165 e. The van der Waals surface area contributed by atoms with Gasteiger partial charge in [0.25, 0.3) is 0 Å². The van der Waals surface area contributed by atoms with Crippen molar-refractivity contribution in [1.82, 2.24) is 4.90 Å². The van der Waals surface area contributed by atoms with Crippen LogP contribution in [0.1, 0.15) is 47.5 Å². The lowest BCUT2D eigenvalue weighted by molar-refractivity contribution is -0.142. The first-order valence-corrected chi connectivity index (χ1v) is 7.14. The SMILES string of the molecule is COC(C)(C)CCOC(C)(C)C(=O)CCN1C[C@@H]1C. The topological polar surface area (TPSA) is 38.5 Å². The molecule has 0 aromatic carbocycles. The van der Waals surface area contributed by atoms with Gasteiger partial charge in [-0.3, -0.25) is 9.69 Å². The maximum Gasteiger partial charge on any atom is 0.165 e. The van der Waals surface area contributed by atoms with Crippen LogP contribution in [0.2, 0.25) is 0 Å². The van der Waals surface area contributed by atoms with E-state index in [9.17, 15) is 4.79 Å². The second-order valence-electron chi connectivity index (χ2n) is 6.59. The van der Waals surface area contributed by atoms with E-state index in [1.807, 2.05) is 27.7 Å². The van der Waals surface area contributed by atoms with E-state index in [-0.39, 0.29) is 11.4 Å². The summed E-state index contributed by atoms with van der Waals surface area (Å²) in [6, 6.07) is 0.652. The first kappa shape index (κ1) is 16.6. The lowest BCUT2D eigenvalue weighted by atomic mass is 10.00. The Kier molecular flexibility index (Phi) is 5.53. The molecular weight excluding hydrogens is 242 g/mol. The average molecular weight is 271 g/mol. The number of hydrogen-bond donors (Lipinski definition) is 0. The van der Waals surface area contributed by atoms with Gasteiger partial charge in [-0.25, -0.2) is 0 Å². The van der Waals surface area contributed by atoms with Crippen molar-refractivity contribution in [2.24, 2.45) is 0 Å². The Morgan fingerprint density at radius 1 is 1.32 bits per heavy atom. The summed E-state index contributed by atoms with van der Waals surface area (Å²) in [6.07, 6.45) is 1.36. The Labute approximate surface area is 117 Å². The minimum atomic E-state index is -0.691. The summed E-state index contributed by atoms with van der Waals surface area (Å²) in [7, 11) is 1.70. The van der Waals surface area contributed by atoms with E-state index in [1.54, 1.807) is 7.11 Å². The van der Waals surface area contributed by atoms with Gasteiger partial charge in [-0.15, -0.1) is 0 Å². The number of ether oxygens (including phenoxy) is 2. The maximum atomic E-state index is 12.1. The summed E-state index contributed by atoms with van der Waals surface area (Å²) in [4.78, 5) is 14.4. The number of hydrogen-bond acceptors (Lipinski definition) is 4. The van der Waals surface area contributed by atoms with E-state index in [2.05, 4.69) is 11.8 Å². The van der Waals surface area contributed by atoms with Crippen molar-refractivity contribution in [3.05, 3.63) is 0 Å². The van der Waals surface area contributed by atoms with Gasteiger partial charge in [-0.2, -0.15) is 0 Å². The predicted octanol–water partition coefficient (Wildman–Crippen LogP) is 2.26. The summed E-state index contributed by atoms with van der Waals surface area (Å²) in [5.74, 6) is 0.182. The van der Waals surface area contributed by atoms with Gasteiger partial charge in [0.05, 0.1) is 12.2 Å². The Morgan fingerprint density at radius 2 is 1.89 bits per heavy atom. The van der Waals surface area contributed by atoms with E-state index in [0.717, 1.165) is 19.5 Å². The predicted molar refractivity (Wildman–Crippen MR) is 76.4 cm³/mol. The average Bonchev–Trinajstić information content (AvgIpc) is 3.01. The first-order chi connectivity index (χ1) is 8.68. The number of nitrogens with zero attached hydrogens (tertiary/aromatic N) is 1. The van der Waals surface area contributed by atoms with Crippen LogP contribution in [0.3, 0.4) is 0 Å². The van der Waals surface area contributed by atoms with Crippen LogP contribution in [-0.2, 0) is 14.3 Å². The van der Waals surface area contributed by atoms with Crippen molar-refractivity contribution in [2.45, 2.75) is 64.7 Å². The highest BCUT2D eigenvalue weighted by Crippen LogP contribution is 2.20. The van der Waals surface area contributed by atoms with Gasteiger partial charge >= 0.3 is 0 Å². The first-order valence-electron chi connectivity index (χ1n) is 7.14. The zero-order valence-electron chi connectivity index (χ0n) is 13.3. The zero-order chi connectivity index (χ0) is 14.7. The van der Waals surface area contributed by atoms with Crippen LogP contribution in [0.25, 0.3) is 0 Å². The van der Waals surface area contributed by atoms with Crippen molar-refractivity contribution < 1.29 is 14.3 Å². The third-order valence-corrected chi connectivity index (χ3v) is 4.01. The molecule has 0 amide bonds. The zero-order valence-corrected chi connectivity index (χ0v) is 13.3. The molecule has 1 rings (SSSR count). The van der Waals surface area contributed by atoms with Crippen LogP contribution in [-0.4, -0.2) is 54.7 Å². The molecule has 1 aliphatic heterocycles. The Morgan fingerprint density at radius 3 is 2.37 bits per heavy atom. The molecule has 1 aliphatic rings. The fourth-order valence-electron chi connectivity index (χ4n) is 1.88. The second kappa shape index (κ2) is 6.33. The molecule has 0 aliphatic carbocycles. The standard InChI is InChI=1S/C15H29NO3/c1-12-11-16(12)9-7-13(17)15(4,5)19-10-8-14(2,3)18-6/h12H,7-11H2,1-6H3/t12-,16?/m0/s1. The molecule has 0 radical (unpaired) electrons. The third-order valence-electron chi connectivity index (χ3n) is 4.01. The van der Waals surface area contributed by atoms with Gasteiger partial charge in [0.1, 0.15) is 5.60 Å². The van der Waals surface area contributed by atoms with Crippen LogP contribution >= 0.6 is 0 Å². The molecule has 2 atom stereocenters. The summed E-state index contributed by atoms with van der Waals surface area (Å²) in [6.45, 7) is 12.5. The molecule has 1 heterocycles. The Bertz CT molecular complexity index is 313. The number of carbonyl (C=O) groups is 1. The molecule has 0 aromatic heterocycles. The molecule has 112 valence electrons. The van der Waals surface area contributed by atoms with Gasteiger partial charge in [0.15, 0.2) is 5.78 Å². The van der Waals surface area contributed by atoms with Gasteiger partial charge in [-0.1, -0.05) is 0 Å². The number of ketones is 1. The fraction of sp³-hybridized carbons (Fsp3) is 0.933. The quantitative estimate of drug-likeness (QED) is 0.603. The van der Waals surface area contributed by atoms with Gasteiger partial charge in [0.2, 0.25) is 0 Å². The van der Waals surface area contributed by atoms with Crippen molar-refractivity contribution in [2.75, 3.05) is 26.8 Å². The van der Waals surface area contributed by atoms with Crippen LogP contribution in [0, 0.1) is 0 Å². The second-order valence-corrected chi connectivity index (χ2v) is 6.59. The maximum absolute atomic E-state index is 12.1. The van der Waals surface area contributed by atoms with Gasteiger partial charge in [0, 0.05) is 32.7 Å². The van der Waals surface area contributed by atoms with E-state index in [0.29, 0.717) is 19.1 Å². The minimum Gasteiger partial charge on any atom is -0.379 e. The normalized spacial score (nSPS) is 23.5. The van der Waals surface area contributed by atoms with Crippen molar-refractivity contribution in [3.63, 3.8) is 0 Å². The van der Waals surface area contributed by atoms with Crippen LogP contribution in [0.4, 0.5) is 0 Å². The molecule has 0 saturated carbocycles. The van der Waals surface area contributed by atoms with E-state index in [4.69, 9.17) is 9.47 Å². The third kappa shape index (κ3) is 5.59.